The molecule has 1 aliphatic rings. The van der Waals surface area contributed by atoms with Crippen molar-refractivity contribution in [1.82, 2.24) is 5.32 Å². The second-order valence-electron chi connectivity index (χ2n) is 4.73. The minimum atomic E-state index is -1.82. The van der Waals surface area contributed by atoms with Gasteiger partial charge in [0.2, 0.25) is 0 Å². The molecule has 1 aromatic rings. The molecule has 0 spiro atoms. The Labute approximate surface area is 126 Å². The molecule has 1 aliphatic heterocycles. The zero-order valence-electron chi connectivity index (χ0n) is 11.4. The van der Waals surface area contributed by atoms with Crippen molar-refractivity contribution in [2.24, 2.45) is 0 Å². The molecule has 7 heteroatoms. The Hall–Kier alpha value is -1.92. The number of benzene rings is 1. The van der Waals surface area contributed by atoms with Gasteiger partial charge in [-0.15, -0.1) is 0 Å². The Bertz CT molecular complexity index is 534. The third-order valence-corrected chi connectivity index (χ3v) is 3.12. The minimum Gasteiger partial charge on any atom is -0.473 e. The second-order valence-corrected chi connectivity index (χ2v) is 5.17. The van der Waals surface area contributed by atoms with E-state index in [1.165, 1.54) is 0 Å². The lowest BCUT2D eigenvalue weighted by molar-refractivity contribution is -0.159. The van der Waals surface area contributed by atoms with Crippen molar-refractivity contribution in [3.8, 4) is 0 Å². The van der Waals surface area contributed by atoms with Gasteiger partial charge in [0, 0.05) is 29.9 Å². The number of hydrogen-bond acceptors (Lipinski definition) is 4. The van der Waals surface area contributed by atoms with Gasteiger partial charge in [0.1, 0.15) is 5.78 Å². The molecule has 0 bridgehead atoms. The summed E-state index contributed by atoms with van der Waals surface area (Å²) in [6, 6.07) is 8.08. The molecule has 1 heterocycles. The van der Waals surface area contributed by atoms with Crippen molar-refractivity contribution >= 4 is 29.3 Å². The monoisotopic (exact) mass is 313 g/mol. The number of carboxylic acid groups (broad SMARTS) is 2. The molecule has 2 rings (SSSR count). The number of piperidine rings is 1. The van der Waals surface area contributed by atoms with E-state index in [2.05, 4.69) is 5.32 Å². The van der Waals surface area contributed by atoms with Crippen LogP contribution in [0.4, 0.5) is 0 Å². The lowest BCUT2D eigenvalue weighted by Crippen LogP contribution is -2.38. The number of Topliss-reactive ketones (excluding diaryl/α,β-unsaturated/α-hetero) is 1. The van der Waals surface area contributed by atoms with Crippen molar-refractivity contribution < 1.29 is 24.6 Å². The first kappa shape index (κ1) is 17.1. The van der Waals surface area contributed by atoms with Crippen LogP contribution in [-0.4, -0.2) is 34.0 Å². The Morgan fingerprint density at radius 2 is 1.86 bits per heavy atom. The van der Waals surface area contributed by atoms with Gasteiger partial charge in [0.15, 0.2) is 0 Å². The summed E-state index contributed by atoms with van der Waals surface area (Å²) >= 11 is 5.92. The molecule has 114 valence electrons. The third-order valence-electron chi connectivity index (χ3n) is 2.89. The standard InChI is InChI=1S/C12H14ClNO.C2H2O4/c1-8-5-11(15)7-12(14-8)9-3-2-4-10(13)6-9;3-1(4)2(5)6/h2-4,6,8,12,14H,5,7H2,1H3;(H,3,4)(H,5,6)/t8-,12-;/m0./s1. The number of rotatable bonds is 1. The van der Waals surface area contributed by atoms with Crippen LogP contribution >= 0.6 is 11.6 Å². The van der Waals surface area contributed by atoms with E-state index in [0.717, 1.165) is 10.6 Å². The van der Waals surface area contributed by atoms with Gasteiger partial charge in [-0.25, -0.2) is 9.59 Å². The first-order chi connectivity index (χ1) is 9.79. The predicted octanol–water partition coefficient (Wildman–Crippen LogP) is 1.88. The Morgan fingerprint density at radius 3 is 2.33 bits per heavy atom. The summed E-state index contributed by atoms with van der Waals surface area (Å²) in [7, 11) is 0. The molecule has 0 unspecified atom stereocenters. The largest absolute Gasteiger partial charge is 0.473 e. The van der Waals surface area contributed by atoms with Crippen molar-refractivity contribution in [1.29, 1.82) is 0 Å². The highest BCUT2D eigenvalue weighted by atomic mass is 35.5. The summed E-state index contributed by atoms with van der Waals surface area (Å²) in [5, 5.41) is 18.9. The molecule has 1 fully saturated rings. The Kier molecular flexibility index (Phi) is 6.33. The number of carboxylic acids is 2. The van der Waals surface area contributed by atoms with Crippen LogP contribution < -0.4 is 5.32 Å². The molecule has 0 aliphatic carbocycles. The highest BCUT2D eigenvalue weighted by Crippen LogP contribution is 2.25. The molecular formula is C14H16ClNO5. The first-order valence-corrected chi connectivity index (χ1v) is 6.66. The van der Waals surface area contributed by atoms with Crippen LogP contribution in [0.2, 0.25) is 5.02 Å². The van der Waals surface area contributed by atoms with Gasteiger partial charge in [0.05, 0.1) is 0 Å². The number of carbonyl (C=O) groups excluding carboxylic acids is 1. The maximum Gasteiger partial charge on any atom is 0.414 e. The third kappa shape index (κ3) is 5.93. The van der Waals surface area contributed by atoms with Gasteiger partial charge < -0.3 is 15.5 Å². The average molecular weight is 314 g/mol. The van der Waals surface area contributed by atoms with E-state index in [4.69, 9.17) is 31.4 Å². The lowest BCUT2D eigenvalue weighted by atomic mass is 9.93. The van der Waals surface area contributed by atoms with E-state index in [-0.39, 0.29) is 12.1 Å². The molecule has 1 saturated heterocycles. The number of nitrogens with one attached hydrogen (secondary N) is 1. The van der Waals surface area contributed by atoms with E-state index in [1.54, 1.807) is 0 Å². The SMILES string of the molecule is C[C@H]1CC(=O)C[C@@H](c2cccc(Cl)c2)N1.O=C(O)C(=O)O. The van der Waals surface area contributed by atoms with Gasteiger partial charge in [-0.2, -0.15) is 0 Å². The fourth-order valence-corrected chi connectivity index (χ4v) is 2.25. The molecular weight excluding hydrogens is 298 g/mol. The topological polar surface area (TPSA) is 104 Å². The Morgan fingerprint density at radius 1 is 1.24 bits per heavy atom. The van der Waals surface area contributed by atoms with Gasteiger partial charge in [-0.05, 0) is 24.6 Å². The lowest BCUT2D eigenvalue weighted by Gasteiger charge is -2.28. The minimum absolute atomic E-state index is 0.125. The number of hydrogen-bond donors (Lipinski definition) is 3. The van der Waals surface area contributed by atoms with Crippen LogP contribution in [0.25, 0.3) is 0 Å². The number of ketones is 1. The summed E-state index contributed by atoms with van der Waals surface area (Å²) in [6.07, 6.45) is 1.21. The summed E-state index contributed by atoms with van der Waals surface area (Å²) in [5.41, 5.74) is 1.10. The molecule has 6 nitrogen and oxygen atoms in total. The molecule has 21 heavy (non-hydrogen) atoms. The maximum absolute atomic E-state index is 11.5. The smallest absolute Gasteiger partial charge is 0.414 e. The fourth-order valence-electron chi connectivity index (χ4n) is 2.05. The maximum atomic E-state index is 11.5. The second kappa shape index (κ2) is 7.75. The summed E-state index contributed by atoms with van der Waals surface area (Å²) < 4.78 is 0. The van der Waals surface area contributed by atoms with Gasteiger partial charge in [0.25, 0.3) is 0 Å². The van der Waals surface area contributed by atoms with Crippen LogP contribution in [0.3, 0.4) is 0 Å². The molecule has 0 aromatic heterocycles. The molecule has 0 radical (unpaired) electrons. The summed E-state index contributed by atoms with van der Waals surface area (Å²) in [6.45, 7) is 2.04. The van der Waals surface area contributed by atoms with E-state index in [0.29, 0.717) is 18.6 Å². The summed E-state index contributed by atoms with van der Waals surface area (Å²) in [4.78, 5) is 29.7. The van der Waals surface area contributed by atoms with Crippen LogP contribution in [0.15, 0.2) is 24.3 Å². The predicted molar refractivity (Wildman–Crippen MR) is 76.3 cm³/mol. The van der Waals surface area contributed by atoms with E-state index in [9.17, 15) is 4.79 Å². The molecule has 0 saturated carbocycles. The number of carbonyl (C=O) groups is 3. The molecule has 2 atom stereocenters. The van der Waals surface area contributed by atoms with Gasteiger partial charge in [-0.3, -0.25) is 4.79 Å². The highest BCUT2D eigenvalue weighted by molar-refractivity contribution is 6.30. The highest BCUT2D eigenvalue weighted by Gasteiger charge is 2.24. The van der Waals surface area contributed by atoms with Crippen LogP contribution in [0.5, 0.6) is 0 Å². The van der Waals surface area contributed by atoms with E-state index >= 15 is 0 Å². The fraction of sp³-hybridized carbons (Fsp3) is 0.357. The average Bonchev–Trinajstić information content (AvgIpc) is 2.38. The molecule has 3 N–H and O–H groups in total. The van der Waals surface area contributed by atoms with Crippen molar-refractivity contribution in [3.05, 3.63) is 34.9 Å². The van der Waals surface area contributed by atoms with Crippen molar-refractivity contribution in [3.63, 3.8) is 0 Å². The van der Waals surface area contributed by atoms with Crippen molar-refractivity contribution in [2.75, 3.05) is 0 Å². The summed E-state index contributed by atoms with van der Waals surface area (Å²) in [5.74, 6) is -3.32. The molecule has 1 aromatic carbocycles. The zero-order chi connectivity index (χ0) is 16.0. The quantitative estimate of drug-likeness (QED) is 0.684. The van der Waals surface area contributed by atoms with E-state index < -0.39 is 11.9 Å². The van der Waals surface area contributed by atoms with Crippen molar-refractivity contribution in [2.45, 2.75) is 31.8 Å². The van der Waals surface area contributed by atoms with Gasteiger partial charge in [-0.1, -0.05) is 23.7 Å². The number of halogens is 1. The Balaban J connectivity index is 0.000000315. The molecule has 0 amide bonds. The first-order valence-electron chi connectivity index (χ1n) is 6.29. The van der Waals surface area contributed by atoms with Crippen LogP contribution in [0, 0.1) is 0 Å². The zero-order valence-corrected chi connectivity index (χ0v) is 12.1. The van der Waals surface area contributed by atoms with Gasteiger partial charge >= 0.3 is 11.9 Å². The van der Waals surface area contributed by atoms with E-state index in [1.807, 2.05) is 31.2 Å². The normalized spacial score (nSPS) is 21.1. The van der Waals surface area contributed by atoms with Crippen LogP contribution in [-0.2, 0) is 14.4 Å². The van der Waals surface area contributed by atoms with Crippen LogP contribution in [0.1, 0.15) is 31.4 Å². The number of aliphatic carboxylic acids is 2.